The average molecular weight is 363 g/mol. The van der Waals surface area contributed by atoms with Crippen molar-refractivity contribution in [3.63, 3.8) is 0 Å². The number of benzene rings is 2. The molecule has 1 amide bonds. The Balaban J connectivity index is 1.66. The Morgan fingerprint density at radius 3 is 2.64 bits per heavy atom. The molecule has 1 N–H and O–H groups in total. The van der Waals surface area contributed by atoms with Crippen LogP contribution in [0.15, 0.2) is 42.5 Å². The lowest BCUT2D eigenvalue weighted by Crippen LogP contribution is -2.36. The summed E-state index contributed by atoms with van der Waals surface area (Å²) in [4.78, 5) is 14.6. The minimum Gasteiger partial charge on any atom is -0.379 e. The van der Waals surface area contributed by atoms with E-state index in [2.05, 4.69) is 16.3 Å². The summed E-state index contributed by atoms with van der Waals surface area (Å²) in [5.74, 6) is -1.05. The molecule has 0 atom stereocenters. The number of hydrogen-bond donors (Lipinski definition) is 1. The molecular weight excluding hydrogens is 343 g/mol. The summed E-state index contributed by atoms with van der Waals surface area (Å²) in [5.41, 5.74) is 2.12. The van der Waals surface area contributed by atoms with E-state index in [4.69, 9.17) is 16.3 Å². The molecule has 1 fully saturated rings. The first-order chi connectivity index (χ1) is 12.1. The van der Waals surface area contributed by atoms with Crippen LogP contribution in [0.3, 0.4) is 0 Å². The predicted octanol–water partition coefficient (Wildman–Crippen LogP) is 3.24. The number of hydrogen-bond acceptors (Lipinski definition) is 3. The van der Waals surface area contributed by atoms with Gasteiger partial charge < -0.3 is 10.1 Å². The van der Waals surface area contributed by atoms with Crippen molar-refractivity contribution in [1.82, 2.24) is 10.2 Å². The van der Waals surface area contributed by atoms with Gasteiger partial charge in [0.05, 0.1) is 18.8 Å². The molecule has 2 aromatic carbocycles. The predicted molar refractivity (Wildman–Crippen MR) is 95.1 cm³/mol. The summed E-state index contributed by atoms with van der Waals surface area (Å²) in [6.45, 7) is 4.43. The first kappa shape index (κ1) is 17.9. The highest BCUT2D eigenvalue weighted by molar-refractivity contribution is 6.31. The van der Waals surface area contributed by atoms with Gasteiger partial charge in [0.25, 0.3) is 5.91 Å². The van der Waals surface area contributed by atoms with Crippen LogP contribution < -0.4 is 5.32 Å². The fourth-order valence-electron chi connectivity index (χ4n) is 2.83. The summed E-state index contributed by atoms with van der Waals surface area (Å²) in [5, 5.41) is 3.11. The Morgan fingerprint density at radius 1 is 1.16 bits per heavy atom. The maximum Gasteiger partial charge on any atom is 0.254 e. The Bertz CT molecular complexity index is 748. The van der Waals surface area contributed by atoms with Crippen molar-refractivity contribution in [1.29, 1.82) is 0 Å². The smallest absolute Gasteiger partial charge is 0.254 e. The number of nitrogens with one attached hydrogen (secondary N) is 1. The molecule has 1 aliphatic rings. The first-order valence-corrected chi connectivity index (χ1v) is 8.61. The van der Waals surface area contributed by atoms with Gasteiger partial charge in [-0.3, -0.25) is 9.69 Å². The van der Waals surface area contributed by atoms with Crippen LogP contribution in [0, 0.1) is 5.82 Å². The molecule has 0 unspecified atom stereocenters. The summed E-state index contributed by atoms with van der Waals surface area (Å²) in [7, 11) is 0. The van der Waals surface area contributed by atoms with Gasteiger partial charge in [-0.2, -0.15) is 0 Å². The molecular formula is C19H20ClFN2O2. The molecule has 6 heteroatoms. The number of amides is 1. The maximum atomic E-state index is 13.8. The summed E-state index contributed by atoms with van der Waals surface area (Å²) in [6.07, 6.45) is 0. The Labute approximate surface area is 151 Å². The van der Waals surface area contributed by atoms with Gasteiger partial charge in [-0.1, -0.05) is 35.9 Å². The second-order valence-corrected chi connectivity index (χ2v) is 6.40. The van der Waals surface area contributed by atoms with Gasteiger partial charge in [-0.25, -0.2) is 4.39 Å². The lowest BCUT2D eigenvalue weighted by atomic mass is 10.1. The van der Waals surface area contributed by atoms with Gasteiger partial charge in [-0.15, -0.1) is 0 Å². The number of halogens is 2. The van der Waals surface area contributed by atoms with Crippen molar-refractivity contribution in [3.05, 3.63) is 70.0 Å². The molecule has 132 valence electrons. The van der Waals surface area contributed by atoms with Crippen molar-refractivity contribution in [2.75, 3.05) is 26.3 Å². The van der Waals surface area contributed by atoms with Crippen LogP contribution >= 0.6 is 11.6 Å². The molecule has 0 aromatic heterocycles. The number of carbonyl (C=O) groups excluding carboxylic acids is 1. The number of nitrogens with zero attached hydrogens (tertiary/aromatic N) is 1. The fraction of sp³-hybridized carbons (Fsp3) is 0.316. The van der Waals surface area contributed by atoms with E-state index >= 15 is 0 Å². The van der Waals surface area contributed by atoms with Gasteiger partial charge in [0.15, 0.2) is 0 Å². The number of morpholine rings is 1. The number of ether oxygens (including phenoxy) is 1. The molecule has 0 bridgehead atoms. The number of rotatable bonds is 5. The molecule has 3 rings (SSSR count). The number of carbonyl (C=O) groups is 1. The van der Waals surface area contributed by atoms with Gasteiger partial charge >= 0.3 is 0 Å². The second-order valence-electron chi connectivity index (χ2n) is 5.96. The van der Waals surface area contributed by atoms with E-state index in [1.807, 2.05) is 18.2 Å². The van der Waals surface area contributed by atoms with E-state index in [-0.39, 0.29) is 5.56 Å². The van der Waals surface area contributed by atoms with E-state index in [9.17, 15) is 9.18 Å². The van der Waals surface area contributed by atoms with Crippen molar-refractivity contribution in [2.24, 2.45) is 0 Å². The van der Waals surface area contributed by atoms with E-state index in [0.29, 0.717) is 11.6 Å². The Morgan fingerprint density at radius 2 is 1.88 bits per heavy atom. The lowest BCUT2D eigenvalue weighted by molar-refractivity contribution is 0.0340. The summed E-state index contributed by atoms with van der Waals surface area (Å²) in [6, 6.07) is 11.9. The van der Waals surface area contributed by atoms with E-state index in [1.165, 1.54) is 18.2 Å². The molecule has 0 aliphatic carbocycles. The quantitative estimate of drug-likeness (QED) is 0.887. The third-order valence-electron chi connectivity index (χ3n) is 4.23. The van der Waals surface area contributed by atoms with Crippen LogP contribution in [0.25, 0.3) is 0 Å². The summed E-state index contributed by atoms with van der Waals surface area (Å²) >= 11 is 5.85. The minimum atomic E-state index is -0.580. The van der Waals surface area contributed by atoms with Gasteiger partial charge in [0.1, 0.15) is 5.82 Å². The van der Waals surface area contributed by atoms with Crippen molar-refractivity contribution < 1.29 is 13.9 Å². The zero-order chi connectivity index (χ0) is 17.6. The van der Waals surface area contributed by atoms with Crippen LogP contribution in [-0.2, 0) is 17.8 Å². The SMILES string of the molecule is O=C(NCc1ccccc1CN1CCOCC1)c1cc(Cl)ccc1F. The molecule has 1 saturated heterocycles. The normalized spacial score (nSPS) is 15.1. The molecule has 1 aliphatic heterocycles. The van der Waals surface area contributed by atoms with Crippen molar-refractivity contribution >= 4 is 17.5 Å². The molecule has 0 spiro atoms. The molecule has 2 aromatic rings. The maximum absolute atomic E-state index is 13.8. The van der Waals surface area contributed by atoms with E-state index < -0.39 is 11.7 Å². The zero-order valence-electron chi connectivity index (χ0n) is 13.8. The van der Waals surface area contributed by atoms with E-state index in [1.54, 1.807) is 0 Å². The second kappa shape index (κ2) is 8.43. The minimum absolute atomic E-state index is 0.0434. The van der Waals surface area contributed by atoms with Crippen molar-refractivity contribution in [2.45, 2.75) is 13.1 Å². The fourth-order valence-corrected chi connectivity index (χ4v) is 3.00. The molecule has 0 radical (unpaired) electrons. The van der Waals surface area contributed by atoms with Crippen LogP contribution in [0.1, 0.15) is 21.5 Å². The third-order valence-corrected chi connectivity index (χ3v) is 4.46. The Hall–Kier alpha value is -1.95. The highest BCUT2D eigenvalue weighted by atomic mass is 35.5. The van der Waals surface area contributed by atoms with Gasteiger partial charge in [0.2, 0.25) is 0 Å². The lowest BCUT2D eigenvalue weighted by Gasteiger charge is -2.27. The topological polar surface area (TPSA) is 41.6 Å². The first-order valence-electron chi connectivity index (χ1n) is 8.23. The zero-order valence-corrected chi connectivity index (χ0v) is 14.6. The molecule has 4 nitrogen and oxygen atoms in total. The van der Waals surface area contributed by atoms with Gasteiger partial charge in [-0.05, 0) is 29.3 Å². The summed E-state index contributed by atoms with van der Waals surface area (Å²) < 4.78 is 19.2. The molecule has 25 heavy (non-hydrogen) atoms. The van der Waals surface area contributed by atoms with Crippen LogP contribution in [-0.4, -0.2) is 37.1 Å². The highest BCUT2D eigenvalue weighted by Crippen LogP contribution is 2.16. The molecule has 0 saturated carbocycles. The third kappa shape index (κ3) is 4.78. The van der Waals surface area contributed by atoms with Gasteiger partial charge in [0, 0.05) is 31.2 Å². The Kier molecular flexibility index (Phi) is 6.02. The van der Waals surface area contributed by atoms with Crippen molar-refractivity contribution in [3.8, 4) is 0 Å². The van der Waals surface area contributed by atoms with Crippen LogP contribution in [0.4, 0.5) is 4.39 Å². The van der Waals surface area contributed by atoms with Crippen LogP contribution in [0.2, 0.25) is 5.02 Å². The standard InChI is InChI=1S/C19H20ClFN2O2/c20-16-5-6-18(21)17(11-16)19(24)22-12-14-3-1-2-4-15(14)13-23-7-9-25-10-8-23/h1-6,11H,7-10,12-13H2,(H,22,24). The highest BCUT2D eigenvalue weighted by Gasteiger charge is 2.15. The monoisotopic (exact) mass is 362 g/mol. The molecule has 1 heterocycles. The largest absolute Gasteiger partial charge is 0.379 e. The van der Waals surface area contributed by atoms with E-state index in [0.717, 1.165) is 44.0 Å². The average Bonchev–Trinajstić information content (AvgIpc) is 2.63. The van der Waals surface area contributed by atoms with Crippen LogP contribution in [0.5, 0.6) is 0 Å².